The zero-order chi connectivity index (χ0) is 14.8. The van der Waals surface area contributed by atoms with E-state index in [1.54, 1.807) is 6.33 Å². The van der Waals surface area contributed by atoms with Gasteiger partial charge in [-0.2, -0.15) is 0 Å². The van der Waals surface area contributed by atoms with Gasteiger partial charge in [0.25, 0.3) is 0 Å². The number of carbonyl (C=O) groups is 2. The lowest BCUT2D eigenvalue weighted by atomic mass is 9.84. The molecule has 21 heavy (non-hydrogen) atoms. The van der Waals surface area contributed by atoms with Crippen LogP contribution in [0.15, 0.2) is 6.33 Å². The Morgan fingerprint density at radius 3 is 2.95 bits per heavy atom. The van der Waals surface area contributed by atoms with Crippen LogP contribution in [0, 0.1) is 5.92 Å². The summed E-state index contributed by atoms with van der Waals surface area (Å²) in [7, 11) is 0. The van der Waals surface area contributed by atoms with Crippen LogP contribution in [0.4, 0.5) is 0 Å². The number of H-pyrrole nitrogens is 1. The van der Waals surface area contributed by atoms with E-state index in [1.807, 2.05) is 0 Å². The number of carbonyl (C=O) groups excluding carboxylic acids is 1. The van der Waals surface area contributed by atoms with E-state index in [4.69, 9.17) is 0 Å². The minimum Gasteiger partial charge on any atom is -0.481 e. The molecule has 1 aliphatic heterocycles. The molecule has 1 aromatic rings. The first-order chi connectivity index (χ1) is 10.1. The highest BCUT2D eigenvalue weighted by Gasteiger charge is 2.34. The monoisotopic (exact) mass is 292 g/mol. The second-order valence-corrected chi connectivity index (χ2v) is 5.81. The Morgan fingerprint density at radius 2 is 2.14 bits per heavy atom. The van der Waals surface area contributed by atoms with Crippen LogP contribution in [0.5, 0.6) is 0 Å². The third-order valence-electron chi connectivity index (χ3n) is 4.46. The van der Waals surface area contributed by atoms with Crippen LogP contribution in [0.2, 0.25) is 0 Å². The van der Waals surface area contributed by atoms with E-state index in [-0.39, 0.29) is 18.0 Å². The quantitative estimate of drug-likeness (QED) is 0.636. The van der Waals surface area contributed by atoms with Gasteiger partial charge < -0.3 is 15.4 Å². The normalized spacial score (nSPS) is 28.7. The number of amides is 1. The van der Waals surface area contributed by atoms with Gasteiger partial charge in [0, 0.05) is 19.0 Å². The highest BCUT2D eigenvalue weighted by Crippen LogP contribution is 2.25. The van der Waals surface area contributed by atoms with Crippen LogP contribution in [-0.4, -0.2) is 39.0 Å². The third kappa shape index (κ3) is 2.92. The minimum absolute atomic E-state index is 0.123. The van der Waals surface area contributed by atoms with Gasteiger partial charge in [-0.25, -0.2) is 4.98 Å². The molecule has 3 unspecified atom stereocenters. The van der Waals surface area contributed by atoms with Crippen LogP contribution in [0.3, 0.4) is 0 Å². The van der Waals surface area contributed by atoms with Gasteiger partial charge in [0.05, 0.1) is 29.7 Å². The van der Waals surface area contributed by atoms with Gasteiger partial charge in [-0.1, -0.05) is 12.8 Å². The molecule has 0 spiro atoms. The lowest BCUT2D eigenvalue weighted by molar-refractivity contribution is -0.144. The van der Waals surface area contributed by atoms with E-state index in [1.165, 1.54) is 0 Å². The van der Waals surface area contributed by atoms with Crippen molar-refractivity contribution in [2.24, 2.45) is 5.92 Å². The van der Waals surface area contributed by atoms with E-state index in [0.717, 1.165) is 30.7 Å². The number of aromatic nitrogens is 2. The molecule has 4 N–H and O–H groups in total. The molecule has 2 aliphatic rings. The fraction of sp³-hybridized carbons (Fsp3) is 0.643. The summed E-state index contributed by atoms with van der Waals surface area (Å²) in [5.41, 5.74) is 1.92. The van der Waals surface area contributed by atoms with Crippen LogP contribution in [0.1, 0.15) is 37.1 Å². The van der Waals surface area contributed by atoms with E-state index in [0.29, 0.717) is 19.4 Å². The Labute approximate surface area is 122 Å². The Kier molecular flexibility index (Phi) is 3.92. The van der Waals surface area contributed by atoms with Crippen molar-refractivity contribution in [2.45, 2.75) is 50.7 Å². The molecule has 7 heteroatoms. The number of fused-ring (bicyclic) bond motifs is 1. The van der Waals surface area contributed by atoms with E-state index < -0.39 is 11.9 Å². The number of rotatable bonds is 3. The van der Waals surface area contributed by atoms with Crippen LogP contribution in [0.25, 0.3) is 0 Å². The number of aromatic amines is 1. The van der Waals surface area contributed by atoms with Crippen molar-refractivity contribution in [1.82, 2.24) is 20.6 Å². The van der Waals surface area contributed by atoms with Crippen molar-refractivity contribution < 1.29 is 14.7 Å². The van der Waals surface area contributed by atoms with Gasteiger partial charge in [0.2, 0.25) is 5.91 Å². The molecule has 7 nitrogen and oxygen atoms in total. The number of hydrogen-bond donors (Lipinski definition) is 4. The third-order valence-corrected chi connectivity index (χ3v) is 4.46. The summed E-state index contributed by atoms with van der Waals surface area (Å²) in [5, 5.41) is 15.3. The van der Waals surface area contributed by atoms with Gasteiger partial charge in [-0.05, 0) is 12.8 Å². The van der Waals surface area contributed by atoms with E-state index in [2.05, 4.69) is 20.6 Å². The molecule has 0 bridgehead atoms. The lowest BCUT2D eigenvalue weighted by Crippen LogP contribution is -2.53. The molecule has 1 aromatic heterocycles. The fourth-order valence-corrected chi connectivity index (χ4v) is 3.24. The molecule has 0 saturated heterocycles. The topological polar surface area (TPSA) is 107 Å². The van der Waals surface area contributed by atoms with Crippen LogP contribution in [-0.2, 0) is 22.6 Å². The van der Waals surface area contributed by atoms with Crippen LogP contribution < -0.4 is 10.6 Å². The van der Waals surface area contributed by atoms with Gasteiger partial charge in [0.1, 0.15) is 0 Å². The summed E-state index contributed by atoms with van der Waals surface area (Å²) >= 11 is 0. The minimum atomic E-state index is -0.814. The molecule has 1 saturated carbocycles. The first-order valence-electron chi connectivity index (χ1n) is 7.43. The number of carboxylic acids is 1. The van der Waals surface area contributed by atoms with E-state index in [9.17, 15) is 14.7 Å². The average molecular weight is 292 g/mol. The van der Waals surface area contributed by atoms with Gasteiger partial charge in [0.15, 0.2) is 0 Å². The molecule has 0 radical (unpaired) electrons. The maximum Gasteiger partial charge on any atom is 0.308 e. The standard InChI is InChI=1S/C14H20N4O3/c19-13(11-5-10-12(6-15-11)17-7-16-10)18-9-4-2-1-3-8(9)14(20)21/h7-9,11,15H,1-6H2,(H,16,17)(H,18,19)(H,20,21). The molecule has 1 aliphatic carbocycles. The summed E-state index contributed by atoms with van der Waals surface area (Å²) < 4.78 is 0. The lowest BCUT2D eigenvalue weighted by Gasteiger charge is -2.31. The summed E-state index contributed by atoms with van der Waals surface area (Å²) in [4.78, 5) is 30.9. The van der Waals surface area contributed by atoms with Crippen LogP contribution >= 0.6 is 0 Å². The predicted octanol–water partition coefficient (Wildman–Crippen LogP) is 0.184. The Balaban J connectivity index is 1.62. The van der Waals surface area contributed by atoms with E-state index >= 15 is 0 Å². The first kappa shape index (κ1) is 14.1. The number of hydrogen-bond acceptors (Lipinski definition) is 4. The zero-order valence-electron chi connectivity index (χ0n) is 11.8. The molecule has 1 fully saturated rings. The van der Waals surface area contributed by atoms with Crippen molar-refractivity contribution in [3.05, 3.63) is 17.7 Å². The molecule has 3 atom stereocenters. The highest BCUT2D eigenvalue weighted by molar-refractivity contribution is 5.83. The number of nitrogens with one attached hydrogen (secondary N) is 3. The summed E-state index contributed by atoms with van der Waals surface area (Å²) in [6.45, 7) is 0.584. The average Bonchev–Trinajstić information content (AvgIpc) is 2.94. The Morgan fingerprint density at radius 1 is 1.33 bits per heavy atom. The van der Waals surface area contributed by atoms with Gasteiger partial charge in [-0.3, -0.25) is 14.9 Å². The number of aliphatic carboxylic acids is 1. The molecule has 2 heterocycles. The van der Waals surface area contributed by atoms with Crippen molar-refractivity contribution in [2.75, 3.05) is 0 Å². The number of nitrogens with zero attached hydrogens (tertiary/aromatic N) is 1. The second-order valence-electron chi connectivity index (χ2n) is 5.81. The SMILES string of the molecule is O=C(NC1CCCCC1C(=O)O)C1Cc2nc[nH]c2CN1. The maximum atomic E-state index is 12.4. The van der Waals surface area contributed by atoms with Crippen molar-refractivity contribution in [1.29, 1.82) is 0 Å². The Hall–Kier alpha value is -1.89. The molecule has 114 valence electrons. The predicted molar refractivity (Wildman–Crippen MR) is 74.4 cm³/mol. The first-order valence-corrected chi connectivity index (χ1v) is 7.43. The molecule has 1 amide bonds. The zero-order valence-corrected chi connectivity index (χ0v) is 11.8. The number of imidazole rings is 1. The summed E-state index contributed by atoms with van der Waals surface area (Å²) in [6, 6.07) is -0.594. The molecular weight excluding hydrogens is 272 g/mol. The Bertz CT molecular complexity index is 542. The number of carboxylic acid groups (broad SMARTS) is 1. The van der Waals surface area contributed by atoms with Crippen molar-refractivity contribution in [3.8, 4) is 0 Å². The largest absolute Gasteiger partial charge is 0.481 e. The fourth-order valence-electron chi connectivity index (χ4n) is 3.24. The van der Waals surface area contributed by atoms with Gasteiger partial charge >= 0.3 is 5.97 Å². The molecule has 0 aromatic carbocycles. The van der Waals surface area contributed by atoms with Crippen molar-refractivity contribution >= 4 is 11.9 Å². The highest BCUT2D eigenvalue weighted by atomic mass is 16.4. The molecule has 3 rings (SSSR count). The smallest absolute Gasteiger partial charge is 0.308 e. The van der Waals surface area contributed by atoms with Crippen molar-refractivity contribution in [3.63, 3.8) is 0 Å². The van der Waals surface area contributed by atoms with Gasteiger partial charge in [-0.15, -0.1) is 0 Å². The molecular formula is C14H20N4O3. The summed E-state index contributed by atoms with van der Waals surface area (Å²) in [5.74, 6) is -1.40. The summed E-state index contributed by atoms with van der Waals surface area (Å²) in [6.07, 6.45) is 5.44. The second kappa shape index (κ2) is 5.85. The maximum absolute atomic E-state index is 12.4.